The topological polar surface area (TPSA) is 94.5 Å². The maximum absolute atomic E-state index is 12.5. The van der Waals surface area contributed by atoms with E-state index in [1.807, 2.05) is 0 Å². The Morgan fingerprint density at radius 3 is 2.45 bits per heavy atom. The molecule has 3 rings (SSSR count). The Hall–Kier alpha value is -3.10. The van der Waals surface area contributed by atoms with E-state index in [-0.39, 0.29) is 19.0 Å². The molecule has 176 valence electrons. The molecule has 1 aliphatic rings. The van der Waals surface area contributed by atoms with Crippen molar-refractivity contribution in [2.45, 2.75) is 32.5 Å². The number of nitriles is 1. The number of nitrogens with one attached hydrogen (secondary N) is 2. The Morgan fingerprint density at radius 2 is 1.85 bits per heavy atom. The molecule has 0 saturated carbocycles. The van der Waals surface area contributed by atoms with Crippen molar-refractivity contribution in [3.8, 4) is 11.8 Å². The molecule has 1 aliphatic carbocycles. The van der Waals surface area contributed by atoms with E-state index in [9.17, 15) is 28.0 Å². The first-order valence-corrected chi connectivity index (χ1v) is 11.0. The number of ether oxygens (including phenoxy) is 1. The zero-order valence-electron chi connectivity index (χ0n) is 18.1. The number of carbonyl (C=O) groups is 2. The maximum Gasteiger partial charge on any atom is 0.573 e. The van der Waals surface area contributed by atoms with Gasteiger partial charge in [0.05, 0.1) is 18.7 Å². The third-order valence-electron chi connectivity index (χ3n) is 5.08. The summed E-state index contributed by atoms with van der Waals surface area (Å²) < 4.78 is 40.4. The van der Waals surface area contributed by atoms with E-state index in [1.165, 1.54) is 28.4 Å². The Bertz CT molecular complexity index is 1060. The van der Waals surface area contributed by atoms with Crippen LogP contribution in [0.1, 0.15) is 29.3 Å². The van der Waals surface area contributed by atoms with Crippen LogP contribution in [0.15, 0.2) is 24.3 Å². The number of amides is 2. The highest BCUT2D eigenvalue weighted by Gasteiger charge is 2.31. The first-order chi connectivity index (χ1) is 15.5. The number of anilines is 2. The van der Waals surface area contributed by atoms with Gasteiger partial charge in [0.25, 0.3) is 0 Å². The number of thiophene rings is 1. The number of rotatable bonds is 7. The van der Waals surface area contributed by atoms with Crippen LogP contribution in [-0.4, -0.2) is 43.2 Å². The van der Waals surface area contributed by atoms with Crippen LogP contribution >= 0.6 is 11.3 Å². The summed E-state index contributed by atoms with van der Waals surface area (Å²) >= 11 is 1.43. The molecule has 2 N–H and O–H groups in total. The van der Waals surface area contributed by atoms with Crippen molar-refractivity contribution < 1.29 is 27.5 Å². The van der Waals surface area contributed by atoms with Gasteiger partial charge >= 0.3 is 6.36 Å². The van der Waals surface area contributed by atoms with Crippen molar-refractivity contribution in [3.63, 3.8) is 0 Å². The van der Waals surface area contributed by atoms with Gasteiger partial charge in [-0.15, -0.1) is 24.5 Å². The highest BCUT2D eigenvalue weighted by Crippen LogP contribution is 2.39. The van der Waals surface area contributed by atoms with Crippen LogP contribution in [0.3, 0.4) is 0 Å². The molecule has 7 nitrogen and oxygen atoms in total. The molecular formula is C22H23F3N4O3S. The minimum absolute atomic E-state index is 0.0738. The third-order valence-corrected chi connectivity index (χ3v) is 6.24. The minimum Gasteiger partial charge on any atom is -0.406 e. The molecule has 0 saturated heterocycles. The molecular weight excluding hydrogens is 457 g/mol. The normalized spacial score (nSPS) is 15.5. The third kappa shape index (κ3) is 6.94. The Morgan fingerprint density at radius 1 is 1.21 bits per heavy atom. The zero-order valence-corrected chi connectivity index (χ0v) is 18.9. The lowest BCUT2D eigenvalue weighted by atomic mass is 9.89. The second kappa shape index (κ2) is 10.2. The first kappa shape index (κ1) is 24.5. The van der Waals surface area contributed by atoms with Crippen LogP contribution in [-0.2, 0) is 22.4 Å². The van der Waals surface area contributed by atoms with Gasteiger partial charge in [-0.25, -0.2) is 0 Å². The first-order valence-electron chi connectivity index (χ1n) is 10.2. The Kier molecular flexibility index (Phi) is 7.61. The van der Waals surface area contributed by atoms with Gasteiger partial charge in [-0.3, -0.25) is 14.5 Å². The number of fused-ring (bicyclic) bond motifs is 1. The summed E-state index contributed by atoms with van der Waals surface area (Å²) in [5.41, 5.74) is 1.84. The van der Waals surface area contributed by atoms with Crippen molar-refractivity contribution in [1.29, 1.82) is 5.26 Å². The van der Waals surface area contributed by atoms with Gasteiger partial charge in [-0.05, 0) is 62.1 Å². The van der Waals surface area contributed by atoms with Gasteiger partial charge in [0.15, 0.2) is 0 Å². The molecule has 2 aromatic rings. The fraction of sp³-hybridized carbons (Fsp3) is 0.409. The fourth-order valence-electron chi connectivity index (χ4n) is 3.61. The van der Waals surface area contributed by atoms with Gasteiger partial charge in [0.1, 0.15) is 16.8 Å². The lowest BCUT2D eigenvalue weighted by Crippen LogP contribution is -2.36. The summed E-state index contributed by atoms with van der Waals surface area (Å²) in [5, 5.41) is 15.4. The average molecular weight is 481 g/mol. The standard InChI is InChI=1S/C22H23F3N4O3S/c1-13-3-8-16-17(10-26)21(33-18(16)9-13)28-20(31)12-29(2)11-19(30)27-14-4-6-15(7-5-14)32-22(23,24)25/h4-7,13H,3,8-9,11-12H2,1-2H3,(H,27,30)(H,28,31). The maximum atomic E-state index is 12.5. The number of hydrogen-bond donors (Lipinski definition) is 2. The van der Waals surface area contributed by atoms with Gasteiger partial charge < -0.3 is 15.4 Å². The molecule has 0 radical (unpaired) electrons. The van der Waals surface area contributed by atoms with Crippen LogP contribution in [0.5, 0.6) is 5.75 Å². The van der Waals surface area contributed by atoms with Crippen LogP contribution in [0, 0.1) is 17.2 Å². The lowest BCUT2D eigenvalue weighted by Gasteiger charge is -2.17. The molecule has 0 aliphatic heterocycles. The molecule has 33 heavy (non-hydrogen) atoms. The van der Waals surface area contributed by atoms with E-state index in [2.05, 4.69) is 28.4 Å². The number of likely N-dealkylation sites (N-methyl/N-ethyl adjacent to an activating group) is 1. The van der Waals surface area contributed by atoms with E-state index in [0.717, 1.165) is 41.8 Å². The van der Waals surface area contributed by atoms with Gasteiger partial charge in [-0.1, -0.05) is 6.92 Å². The van der Waals surface area contributed by atoms with Gasteiger partial charge in [-0.2, -0.15) is 5.26 Å². The van der Waals surface area contributed by atoms with E-state index in [1.54, 1.807) is 7.05 Å². The number of nitrogens with zero attached hydrogens (tertiary/aromatic N) is 2. The Balaban J connectivity index is 1.50. The molecule has 1 aromatic heterocycles. The molecule has 11 heteroatoms. The second-order valence-electron chi connectivity index (χ2n) is 8.01. The summed E-state index contributed by atoms with van der Waals surface area (Å²) in [6.45, 7) is 1.98. The molecule has 2 amide bonds. The summed E-state index contributed by atoms with van der Waals surface area (Å²) in [7, 11) is 1.59. The summed E-state index contributed by atoms with van der Waals surface area (Å²) in [4.78, 5) is 27.3. The van der Waals surface area contributed by atoms with E-state index in [0.29, 0.717) is 22.2 Å². The van der Waals surface area contributed by atoms with Crippen LogP contribution in [0.4, 0.5) is 23.9 Å². The van der Waals surface area contributed by atoms with Crippen LogP contribution < -0.4 is 15.4 Å². The summed E-state index contributed by atoms with van der Waals surface area (Å²) in [5.74, 6) is -0.629. The van der Waals surface area contributed by atoms with Crippen molar-refractivity contribution in [2.75, 3.05) is 30.8 Å². The minimum atomic E-state index is -4.79. The fourth-order valence-corrected chi connectivity index (χ4v) is 4.99. The van der Waals surface area contributed by atoms with E-state index < -0.39 is 18.0 Å². The number of halogens is 3. The van der Waals surface area contributed by atoms with E-state index >= 15 is 0 Å². The van der Waals surface area contributed by atoms with Crippen molar-refractivity contribution in [1.82, 2.24) is 4.90 Å². The predicted octanol–water partition coefficient (Wildman–Crippen LogP) is 4.15. The number of benzene rings is 1. The number of carbonyl (C=O) groups excluding carboxylic acids is 2. The van der Waals surface area contributed by atoms with Gasteiger partial charge in [0.2, 0.25) is 11.8 Å². The van der Waals surface area contributed by atoms with E-state index in [4.69, 9.17) is 0 Å². The Labute approximate surface area is 193 Å². The molecule has 0 fully saturated rings. The smallest absolute Gasteiger partial charge is 0.406 e. The highest BCUT2D eigenvalue weighted by molar-refractivity contribution is 7.16. The molecule has 1 unspecified atom stereocenters. The predicted molar refractivity (Wildman–Crippen MR) is 118 cm³/mol. The zero-order chi connectivity index (χ0) is 24.2. The quantitative estimate of drug-likeness (QED) is 0.621. The largest absolute Gasteiger partial charge is 0.573 e. The monoisotopic (exact) mass is 480 g/mol. The molecule has 0 bridgehead atoms. The summed E-state index contributed by atoms with van der Waals surface area (Å²) in [6, 6.07) is 6.96. The second-order valence-corrected chi connectivity index (χ2v) is 9.11. The molecule has 1 aromatic carbocycles. The summed E-state index contributed by atoms with van der Waals surface area (Å²) in [6.07, 6.45) is -2.05. The van der Waals surface area contributed by atoms with Crippen molar-refractivity contribution in [3.05, 3.63) is 40.3 Å². The molecule has 1 heterocycles. The average Bonchev–Trinajstić information content (AvgIpc) is 3.03. The SMILES string of the molecule is CC1CCc2c(sc(NC(=O)CN(C)CC(=O)Nc3ccc(OC(F)(F)F)cc3)c2C#N)C1. The van der Waals surface area contributed by atoms with Crippen LogP contribution in [0.25, 0.3) is 0 Å². The van der Waals surface area contributed by atoms with Crippen molar-refractivity contribution >= 4 is 33.8 Å². The lowest BCUT2D eigenvalue weighted by molar-refractivity contribution is -0.274. The number of hydrogen-bond acceptors (Lipinski definition) is 6. The van der Waals surface area contributed by atoms with Crippen molar-refractivity contribution in [2.24, 2.45) is 5.92 Å². The van der Waals surface area contributed by atoms with Crippen LogP contribution in [0.2, 0.25) is 0 Å². The van der Waals surface area contributed by atoms with Gasteiger partial charge in [0, 0.05) is 10.6 Å². The molecule has 0 spiro atoms. The highest BCUT2D eigenvalue weighted by atomic mass is 32.1. The number of alkyl halides is 3. The molecule has 1 atom stereocenters.